The van der Waals surface area contributed by atoms with Crippen molar-refractivity contribution in [3.8, 4) is 0 Å². The maximum absolute atomic E-state index is 13.8. The van der Waals surface area contributed by atoms with Gasteiger partial charge in [-0.15, -0.1) is 11.3 Å². The second-order valence-electron chi connectivity index (χ2n) is 11.3. The Balaban J connectivity index is 1.99. The molecule has 196 valence electrons. The number of carbonyl (C=O) groups is 2. The van der Waals surface area contributed by atoms with Gasteiger partial charge in [-0.3, -0.25) is 19.8 Å². The predicted octanol–water partition coefficient (Wildman–Crippen LogP) is 5.93. The first-order chi connectivity index (χ1) is 17.2. The lowest BCUT2D eigenvalue weighted by Gasteiger charge is -2.44. The SMILES string of the molecule is CCOC(=O)C1=C(N)N(c2ccc([N+](=O)[O-])cc2)C2=C(C(=O)CC(C)(C)C2)[C@@H]1c1ccc(C(C)(C)C)s1. The number of nitro groups is 1. The average Bonchev–Trinajstić information content (AvgIpc) is 3.28. The molecule has 2 heterocycles. The highest BCUT2D eigenvalue weighted by molar-refractivity contribution is 7.12. The van der Waals surface area contributed by atoms with Gasteiger partial charge in [0.1, 0.15) is 5.82 Å². The van der Waals surface area contributed by atoms with Crippen LogP contribution in [0.5, 0.6) is 0 Å². The minimum Gasteiger partial charge on any atom is -0.463 e. The lowest BCUT2D eigenvalue weighted by atomic mass is 9.69. The third-order valence-corrected chi connectivity index (χ3v) is 8.30. The number of rotatable bonds is 5. The molecule has 0 radical (unpaired) electrons. The van der Waals surface area contributed by atoms with Gasteiger partial charge in [0.05, 0.1) is 23.0 Å². The number of anilines is 1. The fourth-order valence-electron chi connectivity index (χ4n) is 5.03. The van der Waals surface area contributed by atoms with Gasteiger partial charge in [0.15, 0.2) is 5.78 Å². The molecule has 1 aromatic carbocycles. The number of nitro benzene ring substituents is 1. The molecule has 0 unspecified atom stereocenters. The van der Waals surface area contributed by atoms with E-state index in [2.05, 4.69) is 20.8 Å². The van der Waals surface area contributed by atoms with Crippen molar-refractivity contribution in [2.24, 2.45) is 11.1 Å². The summed E-state index contributed by atoms with van der Waals surface area (Å²) in [6, 6.07) is 9.98. The molecule has 0 amide bonds. The number of nitrogens with two attached hydrogens (primary N) is 1. The summed E-state index contributed by atoms with van der Waals surface area (Å²) in [4.78, 5) is 41.7. The molecular formula is C28H33N3O5S. The van der Waals surface area contributed by atoms with Crippen LogP contribution in [0.1, 0.15) is 70.1 Å². The molecule has 0 spiro atoms. The van der Waals surface area contributed by atoms with Crippen LogP contribution >= 0.6 is 11.3 Å². The predicted molar refractivity (Wildman–Crippen MR) is 144 cm³/mol. The average molecular weight is 524 g/mol. The van der Waals surface area contributed by atoms with Crippen LogP contribution in [0.25, 0.3) is 0 Å². The monoisotopic (exact) mass is 523 g/mol. The number of thiophene rings is 1. The smallest absolute Gasteiger partial charge is 0.338 e. The number of allylic oxidation sites excluding steroid dienone is 2. The van der Waals surface area contributed by atoms with Crippen molar-refractivity contribution in [1.29, 1.82) is 0 Å². The first kappa shape index (κ1) is 26.6. The van der Waals surface area contributed by atoms with Crippen molar-refractivity contribution in [2.45, 2.75) is 65.7 Å². The Morgan fingerprint density at radius 2 is 1.84 bits per heavy atom. The Kier molecular flexibility index (Phi) is 6.79. The number of non-ortho nitro benzene ring substituents is 1. The van der Waals surface area contributed by atoms with Gasteiger partial charge >= 0.3 is 5.97 Å². The lowest BCUT2D eigenvalue weighted by Crippen LogP contribution is -2.43. The molecule has 8 nitrogen and oxygen atoms in total. The van der Waals surface area contributed by atoms with E-state index in [-0.39, 0.29) is 40.3 Å². The Bertz CT molecular complexity index is 1330. The molecule has 0 fully saturated rings. The van der Waals surface area contributed by atoms with Crippen molar-refractivity contribution < 1.29 is 19.2 Å². The quantitative estimate of drug-likeness (QED) is 0.293. The summed E-state index contributed by atoms with van der Waals surface area (Å²) < 4.78 is 5.45. The van der Waals surface area contributed by atoms with Crippen LogP contribution in [0.3, 0.4) is 0 Å². The molecule has 0 saturated heterocycles. The highest BCUT2D eigenvalue weighted by atomic mass is 32.1. The third-order valence-electron chi connectivity index (χ3n) is 6.73. The van der Waals surface area contributed by atoms with Crippen molar-refractivity contribution in [2.75, 3.05) is 11.5 Å². The molecule has 4 rings (SSSR count). The van der Waals surface area contributed by atoms with E-state index in [9.17, 15) is 19.7 Å². The van der Waals surface area contributed by atoms with E-state index in [1.165, 1.54) is 12.1 Å². The summed E-state index contributed by atoms with van der Waals surface area (Å²) in [7, 11) is 0. The van der Waals surface area contributed by atoms with Crippen molar-refractivity contribution in [3.05, 3.63) is 78.9 Å². The minimum atomic E-state index is -0.645. The highest BCUT2D eigenvalue weighted by Gasteiger charge is 2.47. The minimum absolute atomic E-state index is 0.0387. The van der Waals surface area contributed by atoms with Gasteiger partial charge in [0.2, 0.25) is 0 Å². The number of Topliss-reactive ketones (excluding diaryl/α,β-unsaturated/α-hetero) is 1. The van der Waals surface area contributed by atoms with Gasteiger partial charge in [-0.05, 0) is 48.4 Å². The van der Waals surface area contributed by atoms with E-state index in [0.717, 1.165) is 15.5 Å². The fraction of sp³-hybridized carbons (Fsp3) is 0.429. The van der Waals surface area contributed by atoms with E-state index in [0.29, 0.717) is 24.1 Å². The van der Waals surface area contributed by atoms with E-state index < -0.39 is 16.8 Å². The molecule has 0 bridgehead atoms. The molecule has 2 N–H and O–H groups in total. The maximum Gasteiger partial charge on any atom is 0.338 e. The molecule has 1 atom stereocenters. The fourth-order valence-corrected chi connectivity index (χ4v) is 6.22. The van der Waals surface area contributed by atoms with Crippen molar-refractivity contribution in [1.82, 2.24) is 0 Å². The number of benzene rings is 1. The molecule has 1 aromatic heterocycles. The number of ether oxygens (including phenoxy) is 1. The van der Waals surface area contributed by atoms with Crippen LogP contribution in [0.4, 0.5) is 11.4 Å². The Morgan fingerprint density at radius 3 is 2.38 bits per heavy atom. The second-order valence-corrected chi connectivity index (χ2v) is 12.4. The normalized spacial score (nSPS) is 19.7. The molecule has 1 aliphatic carbocycles. The van der Waals surface area contributed by atoms with Crippen molar-refractivity contribution in [3.63, 3.8) is 0 Å². The molecule has 1 aliphatic heterocycles. The largest absolute Gasteiger partial charge is 0.463 e. The second kappa shape index (κ2) is 9.45. The highest BCUT2D eigenvalue weighted by Crippen LogP contribution is 2.52. The third kappa shape index (κ3) is 4.92. The maximum atomic E-state index is 13.8. The van der Waals surface area contributed by atoms with Gasteiger partial charge in [0, 0.05) is 45.3 Å². The molecule has 2 aromatic rings. The van der Waals surface area contributed by atoms with Gasteiger partial charge in [-0.1, -0.05) is 34.6 Å². The number of ketones is 1. The van der Waals surface area contributed by atoms with Crippen LogP contribution in [-0.4, -0.2) is 23.3 Å². The molecular weight excluding hydrogens is 490 g/mol. The van der Waals surface area contributed by atoms with Crippen molar-refractivity contribution >= 4 is 34.5 Å². The zero-order valence-corrected chi connectivity index (χ0v) is 22.9. The van der Waals surface area contributed by atoms with E-state index in [4.69, 9.17) is 10.5 Å². The summed E-state index contributed by atoms with van der Waals surface area (Å²) >= 11 is 1.57. The summed E-state index contributed by atoms with van der Waals surface area (Å²) in [5.41, 5.74) is 8.31. The number of hydrogen-bond donors (Lipinski definition) is 1. The summed E-state index contributed by atoms with van der Waals surface area (Å²) in [6.45, 7) is 12.3. The Labute approximate surface area is 220 Å². The Hall–Kier alpha value is -3.46. The number of hydrogen-bond acceptors (Lipinski definition) is 8. The first-order valence-electron chi connectivity index (χ1n) is 12.3. The van der Waals surface area contributed by atoms with E-state index in [1.807, 2.05) is 26.0 Å². The standard InChI is InChI=1S/C28H33N3O5S/c1-7-36-26(33)24-23(20-12-13-21(37-20)27(2,3)4)22-18(14-28(5,6)15-19(22)32)30(25(24)29)16-8-10-17(11-9-16)31(34)35/h8-13,23H,7,14-15,29H2,1-6H3/t23-/m0/s1. The Morgan fingerprint density at radius 1 is 1.19 bits per heavy atom. The van der Waals surface area contributed by atoms with Crippen LogP contribution in [0.15, 0.2) is 59.1 Å². The molecule has 0 saturated carbocycles. The zero-order valence-electron chi connectivity index (χ0n) is 22.1. The van der Waals surface area contributed by atoms with Crippen LogP contribution in [0.2, 0.25) is 0 Å². The van der Waals surface area contributed by atoms with Gasteiger partial charge in [0.25, 0.3) is 5.69 Å². The molecule has 9 heteroatoms. The number of carbonyl (C=O) groups excluding carboxylic acids is 2. The van der Waals surface area contributed by atoms with Gasteiger partial charge < -0.3 is 10.5 Å². The van der Waals surface area contributed by atoms with E-state index in [1.54, 1.807) is 35.3 Å². The number of nitrogens with zero attached hydrogens (tertiary/aromatic N) is 2. The first-order valence-corrected chi connectivity index (χ1v) is 13.1. The summed E-state index contributed by atoms with van der Waals surface area (Å²) in [5.74, 6) is -1.09. The summed E-state index contributed by atoms with van der Waals surface area (Å²) in [5, 5.41) is 11.2. The van der Waals surface area contributed by atoms with Crippen LogP contribution < -0.4 is 10.6 Å². The molecule has 2 aliphatic rings. The molecule has 37 heavy (non-hydrogen) atoms. The summed E-state index contributed by atoms with van der Waals surface area (Å²) in [6.07, 6.45) is 0.889. The lowest BCUT2D eigenvalue weighted by molar-refractivity contribution is -0.384. The van der Waals surface area contributed by atoms with Crippen LogP contribution in [-0.2, 0) is 19.7 Å². The van der Waals surface area contributed by atoms with Gasteiger partial charge in [-0.2, -0.15) is 0 Å². The number of esters is 1. The van der Waals surface area contributed by atoms with E-state index >= 15 is 0 Å². The zero-order chi connectivity index (χ0) is 27.3. The van der Waals surface area contributed by atoms with Crippen LogP contribution in [0, 0.1) is 15.5 Å². The van der Waals surface area contributed by atoms with Gasteiger partial charge in [-0.25, -0.2) is 4.79 Å². The topological polar surface area (TPSA) is 116 Å².